The number of carboxylic acid groups (broad SMARTS) is 1. The average molecular weight is 611 g/mol. The molecule has 0 saturated carbocycles. The number of hydrogen-bond donors (Lipinski definition) is 1. The van der Waals surface area contributed by atoms with Crippen LogP contribution in [0.15, 0.2) is 121 Å². The molecule has 0 aliphatic heterocycles. The SMILES string of the molecule is OC(=[OH+])N(c1ccccc1)c1ccccc1.[Ir].[c-]1ccccc1-c1nccc2ccccc12. The second-order valence-corrected chi connectivity index (χ2v) is 6.96. The summed E-state index contributed by atoms with van der Waals surface area (Å²) in [7, 11) is 0. The van der Waals surface area contributed by atoms with E-state index in [4.69, 9.17) is 0 Å². The molecule has 165 valence electrons. The summed E-state index contributed by atoms with van der Waals surface area (Å²) in [5, 5.41) is 11.7. The van der Waals surface area contributed by atoms with Crippen molar-refractivity contribution in [2.24, 2.45) is 0 Å². The van der Waals surface area contributed by atoms with Gasteiger partial charge in [0.05, 0.1) is 11.4 Å². The Morgan fingerprint density at radius 3 is 1.88 bits per heavy atom. The van der Waals surface area contributed by atoms with Crippen molar-refractivity contribution in [3.05, 3.63) is 128 Å². The third-order valence-electron chi connectivity index (χ3n) is 4.87. The molecule has 2 N–H and O–H groups in total. The summed E-state index contributed by atoms with van der Waals surface area (Å²) in [5.41, 5.74) is 3.44. The molecule has 0 saturated heterocycles. The van der Waals surface area contributed by atoms with Gasteiger partial charge in [-0.25, -0.2) is 0 Å². The molecule has 0 fully saturated rings. The molecule has 0 atom stereocenters. The fourth-order valence-corrected chi connectivity index (χ4v) is 3.41. The van der Waals surface area contributed by atoms with Gasteiger partial charge in [0.1, 0.15) is 0 Å². The van der Waals surface area contributed by atoms with Crippen molar-refractivity contribution in [2.45, 2.75) is 0 Å². The number of fused-ring (bicyclic) bond motifs is 1. The van der Waals surface area contributed by atoms with Gasteiger partial charge in [-0.3, -0.25) is 0 Å². The van der Waals surface area contributed by atoms with E-state index >= 15 is 0 Å². The maximum atomic E-state index is 9.32. The summed E-state index contributed by atoms with van der Waals surface area (Å²) in [5.74, 6) is 0. The van der Waals surface area contributed by atoms with Crippen LogP contribution in [0, 0.1) is 6.07 Å². The number of nitrogens with zero attached hydrogens (tertiary/aromatic N) is 2. The van der Waals surface area contributed by atoms with Crippen LogP contribution in [0.2, 0.25) is 0 Å². The number of para-hydroxylation sites is 2. The van der Waals surface area contributed by atoms with E-state index in [1.165, 1.54) is 15.7 Å². The Kier molecular flexibility index (Phi) is 8.48. The summed E-state index contributed by atoms with van der Waals surface area (Å²) < 4.78 is 0. The van der Waals surface area contributed by atoms with E-state index in [9.17, 15) is 9.90 Å². The number of hydrogen-bond acceptors (Lipinski definition) is 1. The van der Waals surface area contributed by atoms with Crippen LogP contribution < -0.4 is 4.90 Å². The van der Waals surface area contributed by atoms with Crippen molar-refractivity contribution in [3.63, 3.8) is 0 Å². The predicted octanol–water partition coefficient (Wildman–Crippen LogP) is 6.54. The zero-order valence-electron chi connectivity index (χ0n) is 17.7. The van der Waals surface area contributed by atoms with Gasteiger partial charge in [0.15, 0.2) is 0 Å². The molecule has 0 aliphatic carbocycles. The number of amides is 1. The van der Waals surface area contributed by atoms with Crippen molar-refractivity contribution < 1.29 is 30.0 Å². The molecule has 0 unspecified atom stereocenters. The van der Waals surface area contributed by atoms with Crippen LogP contribution in [0.5, 0.6) is 0 Å². The van der Waals surface area contributed by atoms with Crippen LogP contribution in [-0.4, -0.2) is 21.0 Å². The van der Waals surface area contributed by atoms with E-state index in [1.54, 1.807) is 24.3 Å². The van der Waals surface area contributed by atoms with Crippen LogP contribution in [-0.2, 0) is 20.1 Å². The summed E-state index contributed by atoms with van der Waals surface area (Å²) in [6.07, 6.45) is 1.11. The van der Waals surface area contributed by atoms with Gasteiger partial charge in [-0.1, -0.05) is 60.7 Å². The van der Waals surface area contributed by atoms with Crippen LogP contribution in [0.4, 0.5) is 11.4 Å². The topological polar surface area (TPSA) is 57.8 Å². The molecule has 1 amide bonds. The van der Waals surface area contributed by atoms with Crippen LogP contribution in [0.3, 0.4) is 0 Å². The summed E-state index contributed by atoms with van der Waals surface area (Å²) >= 11 is 0. The molecule has 1 radical (unpaired) electrons. The van der Waals surface area contributed by atoms with Gasteiger partial charge < -0.3 is 14.9 Å². The molecule has 0 bridgehead atoms. The Morgan fingerprint density at radius 2 is 1.30 bits per heavy atom. The molecule has 1 aromatic heterocycles. The van der Waals surface area contributed by atoms with Gasteiger partial charge in [0.25, 0.3) is 0 Å². The van der Waals surface area contributed by atoms with Crippen molar-refractivity contribution in [3.8, 4) is 11.3 Å². The quantitative estimate of drug-likeness (QED) is 0.186. The number of aromatic nitrogens is 1. The molecule has 1 heterocycles. The van der Waals surface area contributed by atoms with E-state index in [-0.39, 0.29) is 20.1 Å². The van der Waals surface area contributed by atoms with E-state index in [0.29, 0.717) is 11.4 Å². The number of aliphatic hydroxyl groups excluding tert-OH is 1. The largest absolute Gasteiger partial charge is 0.610 e. The van der Waals surface area contributed by atoms with Crippen LogP contribution in [0.1, 0.15) is 0 Å². The first-order valence-electron chi connectivity index (χ1n) is 10.2. The third kappa shape index (κ3) is 5.92. The van der Waals surface area contributed by atoms with Gasteiger partial charge in [-0.05, 0) is 46.8 Å². The molecular formula is C28H22IrN2O2. The second-order valence-electron chi connectivity index (χ2n) is 6.96. The second kappa shape index (κ2) is 11.7. The first-order chi connectivity index (χ1) is 15.7. The number of anilines is 2. The zero-order valence-corrected chi connectivity index (χ0v) is 20.1. The Bertz CT molecular complexity index is 1250. The zero-order chi connectivity index (χ0) is 22.2. The normalized spacial score (nSPS) is 9.82. The minimum absolute atomic E-state index is 0. The first-order valence-corrected chi connectivity index (χ1v) is 10.2. The van der Waals surface area contributed by atoms with Crippen LogP contribution in [0.25, 0.3) is 22.0 Å². The Hall–Kier alpha value is -3.79. The smallest absolute Gasteiger partial charge is 0.320 e. The van der Waals surface area contributed by atoms with Gasteiger partial charge >= 0.3 is 6.09 Å². The summed E-state index contributed by atoms with van der Waals surface area (Å²) in [6, 6.07) is 39.8. The van der Waals surface area contributed by atoms with Crippen molar-refractivity contribution in [2.75, 3.05) is 4.90 Å². The maximum absolute atomic E-state index is 9.32. The van der Waals surface area contributed by atoms with E-state index < -0.39 is 6.09 Å². The van der Waals surface area contributed by atoms with Gasteiger partial charge in [-0.2, -0.15) is 4.90 Å². The Morgan fingerprint density at radius 1 is 0.727 bits per heavy atom. The third-order valence-corrected chi connectivity index (χ3v) is 4.87. The van der Waals surface area contributed by atoms with Crippen molar-refractivity contribution in [1.29, 1.82) is 0 Å². The molecule has 33 heavy (non-hydrogen) atoms. The standard InChI is InChI=1S/C15H10N.C13H11NO2.Ir/c1-2-7-13(8-3-1)15-14-9-5-4-6-12(14)10-11-16-15;15-13(16)14(11-7-3-1-4-8-11)12-9-5-2-6-10-12;/h1-7,9-11H;1-10H,(H,15,16);/q-1;;/p+1. The predicted molar refractivity (Wildman–Crippen MR) is 131 cm³/mol. The molecule has 5 aromatic rings. The van der Waals surface area contributed by atoms with E-state index in [1.807, 2.05) is 85.1 Å². The number of rotatable bonds is 3. The van der Waals surface area contributed by atoms with E-state index in [2.05, 4.69) is 23.2 Å². The molecule has 0 aliphatic rings. The fraction of sp³-hybridized carbons (Fsp3) is 0. The fourth-order valence-electron chi connectivity index (χ4n) is 3.41. The van der Waals surface area contributed by atoms with Crippen molar-refractivity contribution in [1.82, 2.24) is 4.98 Å². The minimum atomic E-state index is -0.739. The molecule has 0 spiro atoms. The molecule has 5 rings (SSSR count). The average Bonchev–Trinajstić information content (AvgIpc) is 2.86. The molecule has 4 nitrogen and oxygen atoms in total. The van der Waals surface area contributed by atoms with Gasteiger partial charge in [-0.15, -0.1) is 35.9 Å². The first kappa shape index (κ1) is 23.9. The number of pyridine rings is 1. The Balaban J connectivity index is 0.000000180. The minimum Gasteiger partial charge on any atom is -0.320 e. The summed E-state index contributed by atoms with van der Waals surface area (Å²) in [6.45, 7) is 0. The molecule has 5 heteroatoms. The maximum Gasteiger partial charge on any atom is 0.610 e. The Labute approximate surface area is 206 Å². The van der Waals surface area contributed by atoms with Crippen molar-refractivity contribution >= 4 is 28.2 Å². The van der Waals surface area contributed by atoms with Gasteiger partial charge in [0, 0.05) is 26.3 Å². The number of benzene rings is 4. The molecular weight excluding hydrogens is 589 g/mol. The summed E-state index contributed by atoms with van der Waals surface area (Å²) in [4.78, 5) is 15.1. The molecule has 4 aromatic carbocycles. The van der Waals surface area contributed by atoms with Gasteiger partial charge in [0.2, 0.25) is 0 Å². The monoisotopic (exact) mass is 611 g/mol. The van der Waals surface area contributed by atoms with Crippen LogP contribution >= 0.6 is 0 Å². The van der Waals surface area contributed by atoms with E-state index in [0.717, 1.165) is 11.3 Å².